The average Bonchev–Trinajstić information content (AvgIpc) is 2.65. The lowest BCUT2D eigenvalue weighted by atomic mass is 10.1. The van der Waals surface area contributed by atoms with Crippen LogP contribution in [0.1, 0.15) is 87.9 Å². The second-order valence-corrected chi connectivity index (χ2v) is 6.65. The molecule has 1 aromatic rings. The molecule has 142 valence electrons. The third-order valence-electron chi connectivity index (χ3n) is 4.36. The van der Waals surface area contributed by atoms with Gasteiger partial charge in [0.2, 0.25) is 0 Å². The zero-order valence-corrected chi connectivity index (χ0v) is 16.0. The van der Waals surface area contributed by atoms with Gasteiger partial charge in [-0.05, 0) is 18.6 Å². The molecule has 0 fully saturated rings. The summed E-state index contributed by atoms with van der Waals surface area (Å²) in [6.07, 6.45) is 14.7. The molecule has 3 heteroatoms. The van der Waals surface area contributed by atoms with Crippen LogP contribution in [0.15, 0.2) is 30.3 Å². The van der Waals surface area contributed by atoms with E-state index in [1.54, 1.807) is 12.1 Å². The molecule has 0 aromatic heterocycles. The van der Waals surface area contributed by atoms with Crippen LogP contribution < -0.4 is 0 Å². The van der Waals surface area contributed by atoms with Crippen LogP contribution in [-0.4, -0.2) is 25.8 Å². The fourth-order valence-electron chi connectivity index (χ4n) is 2.82. The first-order valence-corrected chi connectivity index (χ1v) is 10.1. The van der Waals surface area contributed by atoms with Crippen molar-refractivity contribution in [2.24, 2.45) is 0 Å². The predicted octanol–water partition coefficient (Wildman–Crippen LogP) is 6.17. The summed E-state index contributed by atoms with van der Waals surface area (Å²) in [4.78, 5) is 11.7. The molecule has 0 bridgehead atoms. The maximum absolute atomic E-state index is 11.7. The van der Waals surface area contributed by atoms with Crippen LogP contribution in [0.2, 0.25) is 0 Å². The summed E-state index contributed by atoms with van der Waals surface area (Å²) in [5.41, 5.74) is 0.591. The molecule has 3 nitrogen and oxygen atoms in total. The molecule has 0 aliphatic heterocycles. The van der Waals surface area contributed by atoms with Crippen molar-refractivity contribution in [3.05, 3.63) is 35.9 Å². The minimum atomic E-state index is -0.279. The molecule has 0 unspecified atom stereocenters. The molecule has 0 heterocycles. The molecule has 0 radical (unpaired) electrons. The van der Waals surface area contributed by atoms with Gasteiger partial charge in [0.25, 0.3) is 0 Å². The highest BCUT2D eigenvalue weighted by molar-refractivity contribution is 5.89. The average molecular weight is 349 g/mol. The summed E-state index contributed by atoms with van der Waals surface area (Å²) in [5, 5.41) is 0. The molecule has 0 spiro atoms. The summed E-state index contributed by atoms with van der Waals surface area (Å²) < 4.78 is 10.7. The van der Waals surface area contributed by atoms with Crippen LogP contribution in [0.25, 0.3) is 0 Å². The van der Waals surface area contributed by atoms with Gasteiger partial charge in [-0.3, -0.25) is 0 Å². The van der Waals surface area contributed by atoms with Gasteiger partial charge in [0.05, 0.1) is 12.2 Å². The fraction of sp³-hybridized carbons (Fsp3) is 0.682. The van der Waals surface area contributed by atoms with Crippen LogP contribution in [0, 0.1) is 0 Å². The Morgan fingerprint density at radius 2 is 1.28 bits per heavy atom. The lowest BCUT2D eigenvalue weighted by Crippen LogP contribution is -2.11. The van der Waals surface area contributed by atoms with Crippen LogP contribution in [0.3, 0.4) is 0 Å². The van der Waals surface area contributed by atoms with Crippen molar-refractivity contribution in [2.75, 3.05) is 19.8 Å². The molecule has 1 aromatic carbocycles. The van der Waals surface area contributed by atoms with Gasteiger partial charge in [-0.2, -0.15) is 0 Å². The topological polar surface area (TPSA) is 35.5 Å². The predicted molar refractivity (Wildman–Crippen MR) is 104 cm³/mol. The van der Waals surface area contributed by atoms with E-state index in [9.17, 15) is 4.79 Å². The highest BCUT2D eigenvalue weighted by Gasteiger charge is 2.04. The molecule has 0 amide bonds. The lowest BCUT2D eigenvalue weighted by Gasteiger charge is -2.06. The largest absolute Gasteiger partial charge is 0.460 e. The summed E-state index contributed by atoms with van der Waals surface area (Å²) in [6, 6.07) is 9.06. The van der Waals surface area contributed by atoms with E-state index >= 15 is 0 Å². The molecule has 0 saturated heterocycles. The quantitative estimate of drug-likeness (QED) is 0.265. The maximum Gasteiger partial charge on any atom is 0.338 e. The molecule has 0 saturated carbocycles. The van der Waals surface area contributed by atoms with Gasteiger partial charge >= 0.3 is 5.97 Å². The maximum atomic E-state index is 11.7. The third kappa shape index (κ3) is 12.6. The standard InChI is InChI=1S/C22H36O3/c1-2-3-4-5-6-7-8-9-10-11-15-18-24-19-20-25-22(23)21-16-13-12-14-17-21/h12-14,16-17H,2-11,15,18-20H2,1H3. The summed E-state index contributed by atoms with van der Waals surface area (Å²) >= 11 is 0. The number of carbonyl (C=O) groups is 1. The first kappa shape index (κ1) is 21.7. The van der Waals surface area contributed by atoms with Crippen LogP contribution in [-0.2, 0) is 9.47 Å². The number of unbranched alkanes of at least 4 members (excludes halogenated alkanes) is 10. The van der Waals surface area contributed by atoms with Crippen molar-refractivity contribution in [1.82, 2.24) is 0 Å². The van der Waals surface area contributed by atoms with Crippen molar-refractivity contribution in [2.45, 2.75) is 77.6 Å². The normalized spacial score (nSPS) is 10.8. The van der Waals surface area contributed by atoms with E-state index in [2.05, 4.69) is 6.92 Å². The molecule has 0 atom stereocenters. The van der Waals surface area contributed by atoms with Gasteiger partial charge in [-0.15, -0.1) is 0 Å². The number of carbonyl (C=O) groups excluding carboxylic acids is 1. The van der Waals surface area contributed by atoms with Crippen molar-refractivity contribution >= 4 is 5.97 Å². The molecule has 25 heavy (non-hydrogen) atoms. The monoisotopic (exact) mass is 348 g/mol. The second kappa shape index (κ2) is 16.1. The summed E-state index contributed by atoms with van der Waals surface area (Å²) in [5.74, 6) is -0.279. The van der Waals surface area contributed by atoms with Gasteiger partial charge in [0, 0.05) is 6.61 Å². The molecule has 0 aliphatic rings. The molecular weight excluding hydrogens is 312 g/mol. The second-order valence-electron chi connectivity index (χ2n) is 6.65. The minimum Gasteiger partial charge on any atom is -0.460 e. The SMILES string of the molecule is CCCCCCCCCCCCCOCCOC(=O)c1ccccc1. The van der Waals surface area contributed by atoms with Gasteiger partial charge < -0.3 is 9.47 Å². The Labute approximate surface area is 154 Å². The van der Waals surface area contributed by atoms with E-state index in [-0.39, 0.29) is 5.97 Å². The van der Waals surface area contributed by atoms with Crippen molar-refractivity contribution in [1.29, 1.82) is 0 Å². The molecule has 0 N–H and O–H groups in total. The number of esters is 1. The van der Waals surface area contributed by atoms with Gasteiger partial charge in [-0.25, -0.2) is 4.79 Å². The first-order chi connectivity index (χ1) is 12.3. The first-order valence-electron chi connectivity index (χ1n) is 10.1. The van der Waals surface area contributed by atoms with Crippen molar-refractivity contribution in [3.63, 3.8) is 0 Å². The van der Waals surface area contributed by atoms with Crippen molar-refractivity contribution < 1.29 is 14.3 Å². The van der Waals surface area contributed by atoms with E-state index in [0.717, 1.165) is 13.0 Å². The number of ether oxygens (including phenoxy) is 2. The number of hydrogen-bond acceptors (Lipinski definition) is 3. The lowest BCUT2D eigenvalue weighted by molar-refractivity contribution is 0.0312. The van der Waals surface area contributed by atoms with E-state index in [4.69, 9.17) is 9.47 Å². The zero-order valence-electron chi connectivity index (χ0n) is 16.0. The summed E-state index contributed by atoms with van der Waals surface area (Å²) in [6.45, 7) is 3.84. The Balaban J connectivity index is 1.78. The smallest absolute Gasteiger partial charge is 0.338 e. The minimum absolute atomic E-state index is 0.279. The Hall–Kier alpha value is -1.35. The Kier molecular flexibility index (Phi) is 14.0. The third-order valence-corrected chi connectivity index (χ3v) is 4.36. The van der Waals surface area contributed by atoms with Crippen LogP contribution >= 0.6 is 0 Å². The van der Waals surface area contributed by atoms with E-state index in [1.165, 1.54) is 64.2 Å². The Bertz CT molecular complexity index is 417. The van der Waals surface area contributed by atoms with E-state index in [1.807, 2.05) is 18.2 Å². The van der Waals surface area contributed by atoms with Crippen molar-refractivity contribution in [3.8, 4) is 0 Å². The molecule has 1 rings (SSSR count). The van der Waals surface area contributed by atoms with E-state index in [0.29, 0.717) is 18.8 Å². The Morgan fingerprint density at radius 3 is 1.88 bits per heavy atom. The number of rotatable bonds is 16. The van der Waals surface area contributed by atoms with Crippen LogP contribution in [0.5, 0.6) is 0 Å². The Morgan fingerprint density at radius 1 is 0.720 bits per heavy atom. The molecular formula is C22H36O3. The van der Waals surface area contributed by atoms with Gasteiger partial charge in [0.15, 0.2) is 0 Å². The highest BCUT2D eigenvalue weighted by atomic mass is 16.6. The summed E-state index contributed by atoms with van der Waals surface area (Å²) in [7, 11) is 0. The fourth-order valence-corrected chi connectivity index (χ4v) is 2.82. The van der Waals surface area contributed by atoms with Gasteiger partial charge in [-0.1, -0.05) is 89.3 Å². The van der Waals surface area contributed by atoms with Crippen LogP contribution in [0.4, 0.5) is 0 Å². The molecule has 0 aliphatic carbocycles. The van der Waals surface area contributed by atoms with E-state index < -0.39 is 0 Å². The number of benzene rings is 1. The zero-order chi connectivity index (χ0) is 18.0. The number of hydrogen-bond donors (Lipinski definition) is 0. The van der Waals surface area contributed by atoms with Gasteiger partial charge in [0.1, 0.15) is 6.61 Å². The highest BCUT2D eigenvalue weighted by Crippen LogP contribution is 2.11.